The summed E-state index contributed by atoms with van der Waals surface area (Å²) in [5.74, 6) is 0.00352. The Hall–Kier alpha value is -2.00. The first-order chi connectivity index (χ1) is 13.7. The molecule has 1 atom stereocenters. The molecule has 4 rings (SSSR count). The molecule has 1 unspecified atom stereocenters. The molecule has 0 spiro atoms. The van der Waals surface area contributed by atoms with Gasteiger partial charge in [-0.3, -0.25) is 14.2 Å². The van der Waals surface area contributed by atoms with E-state index in [1.54, 1.807) is 4.57 Å². The van der Waals surface area contributed by atoms with E-state index in [2.05, 4.69) is 10.3 Å². The maximum atomic E-state index is 12.9. The van der Waals surface area contributed by atoms with E-state index in [1.165, 1.54) is 11.8 Å². The number of nitrogens with zero attached hydrogens (tertiary/aromatic N) is 2. The van der Waals surface area contributed by atoms with Crippen LogP contribution in [0.2, 0.25) is 5.02 Å². The molecule has 0 radical (unpaired) electrons. The molecule has 5 nitrogen and oxygen atoms in total. The van der Waals surface area contributed by atoms with Crippen LogP contribution in [-0.4, -0.2) is 21.2 Å². The summed E-state index contributed by atoms with van der Waals surface area (Å²) in [6.07, 6.45) is -1.16. The van der Waals surface area contributed by atoms with Gasteiger partial charge in [0.2, 0.25) is 5.91 Å². The summed E-state index contributed by atoms with van der Waals surface area (Å²) < 4.78 is 40.3. The molecule has 154 valence electrons. The van der Waals surface area contributed by atoms with Gasteiger partial charge in [-0.2, -0.15) is 13.2 Å². The number of anilines is 1. The number of hydrogen-bond acceptors (Lipinski definition) is 4. The lowest BCUT2D eigenvalue weighted by Gasteiger charge is -2.19. The fourth-order valence-corrected chi connectivity index (χ4v) is 5.00. The minimum Gasteiger partial charge on any atom is -0.325 e. The summed E-state index contributed by atoms with van der Waals surface area (Å²) in [6, 6.07) is 2.37. The van der Waals surface area contributed by atoms with Crippen LogP contribution in [0.5, 0.6) is 0 Å². The van der Waals surface area contributed by atoms with Crippen molar-refractivity contribution in [1.82, 2.24) is 9.55 Å². The average Bonchev–Trinajstić information content (AvgIpc) is 3.05. The van der Waals surface area contributed by atoms with Gasteiger partial charge in [0.1, 0.15) is 0 Å². The van der Waals surface area contributed by atoms with Crippen molar-refractivity contribution < 1.29 is 18.0 Å². The molecule has 2 aliphatic rings. The van der Waals surface area contributed by atoms with E-state index in [-0.39, 0.29) is 22.7 Å². The molecular formula is C19H17ClF3N3O2S. The maximum Gasteiger partial charge on any atom is 0.416 e. The standard InChI is InChI=1S/C19H17ClF3N3O2S/c20-13-6-5-10(19(21,22)23)7-15(13)24-16(27)8-11-9-29-18-25-14-4-2-1-3-12(14)17(28)26(11)18/h5-7,11H,1-4,8-9H2,(H,24,27). The Bertz CT molecular complexity index is 1040. The third-order valence-electron chi connectivity index (χ3n) is 5.11. The molecule has 0 fully saturated rings. The van der Waals surface area contributed by atoms with Crippen LogP contribution < -0.4 is 10.9 Å². The van der Waals surface area contributed by atoms with E-state index >= 15 is 0 Å². The molecule has 2 heterocycles. The van der Waals surface area contributed by atoms with E-state index in [0.717, 1.165) is 43.2 Å². The van der Waals surface area contributed by atoms with Crippen molar-refractivity contribution in [2.75, 3.05) is 11.1 Å². The van der Waals surface area contributed by atoms with Crippen molar-refractivity contribution in [3.05, 3.63) is 50.4 Å². The number of benzene rings is 1. The van der Waals surface area contributed by atoms with Gasteiger partial charge in [0.15, 0.2) is 5.16 Å². The van der Waals surface area contributed by atoms with Gasteiger partial charge in [0.05, 0.1) is 28.0 Å². The Morgan fingerprint density at radius 3 is 2.83 bits per heavy atom. The molecule has 10 heteroatoms. The number of hydrogen-bond donors (Lipinski definition) is 1. The monoisotopic (exact) mass is 443 g/mol. The Morgan fingerprint density at radius 2 is 2.07 bits per heavy atom. The van der Waals surface area contributed by atoms with Gasteiger partial charge in [-0.15, -0.1) is 0 Å². The molecule has 0 saturated carbocycles. The van der Waals surface area contributed by atoms with E-state index in [9.17, 15) is 22.8 Å². The Kier molecular flexibility index (Phi) is 5.37. The van der Waals surface area contributed by atoms with Crippen LogP contribution in [0.15, 0.2) is 28.2 Å². The van der Waals surface area contributed by atoms with Gasteiger partial charge >= 0.3 is 6.18 Å². The minimum atomic E-state index is -4.54. The highest BCUT2D eigenvalue weighted by atomic mass is 35.5. The number of nitrogens with one attached hydrogen (secondary N) is 1. The number of rotatable bonds is 3. The molecule has 2 aromatic rings. The van der Waals surface area contributed by atoms with Crippen molar-refractivity contribution >= 4 is 35.0 Å². The van der Waals surface area contributed by atoms with Crippen molar-refractivity contribution in [2.45, 2.75) is 49.5 Å². The lowest BCUT2D eigenvalue weighted by atomic mass is 9.97. The van der Waals surface area contributed by atoms with Crippen LogP contribution in [0.3, 0.4) is 0 Å². The van der Waals surface area contributed by atoms with Crippen molar-refractivity contribution in [2.24, 2.45) is 0 Å². The second-order valence-corrected chi connectivity index (χ2v) is 8.51. The van der Waals surface area contributed by atoms with Crippen molar-refractivity contribution in [1.29, 1.82) is 0 Å². The van der Waals surface area contributed by atoms with Gasteiger partial charge in [-0.05, 0) is 43.9 Å². The molecule has 1 aromatic heterocycles. The highest BCUT2D eigenvalue weighted by Crippen LogP contribution is 2.36. The molecule has 1 aliphatic heterocycles. The largest absolute Gasteiger partial charge is 0.416 e. The number of amides is 1. The fourth-order valence-electron chi connectivity index (χ4n) is 3.68. The summed E-state index contributed by atoms with van der Waals surface area (Å²) in [6.45, 7) is 0. The van der Waals surface area contributed by atoms with Crippen LogP contribution in [-0.2, 0) is 23.8 Å². The molecule has 0 saturated heterocycles. The van der Waals surface area contributed by atoms with Gasteiger partial charge in [0, 0.05) is 17.7 Å². The zero-order valence-electron chi connectivity index (χ0n) is 15.2. The number of halogens is 4. The van der Waals surface area contributed by atoms with Crippen LogP contribution in [0.4, 0.5) is 18.9 Å². The lowest BCUT2D eigenvalue weighted by molar-refractivity contribution is -0.137. The summed E-state index contributed by atoms with van der Waals surface area (Å²) in [5.41, 5.74) is 0.457. The number of aryl methyl sites for hydroxylation is 1. The topological polar surface area (TPSA) is 64.0 Å². The third-order valence-corrected chi connectivity index (χ3v) is 6.54. The van der Waals surface area contributed by atoms with E-state index in [0.29, 0.717) is 22.9 Å². The fraction of sp³-hybridized carbons (Fsp3) is 0.421. The predicted molar refractivity (Wildman–Crippen MR) is 105 cm³/mol. The first-order valence-electron chi connectivity index (χ1n) is 9.17. The number of fused-ring (bicyclic) bond motifs is 2. The summed E-state index contributed by atoms with van der Waals surface area (Å²) in [5, 5.41) is 3.06. The summed E-state index contributed by atoms with van der Waals surface area (Å²) >= 11 is 7.36. The number of aromatic nitrogens is 2. The Balaban J connectivity index is 1.54. The number of alkyl halides is 3. The quantitative estimate of drug-likeness (QED) is 0.711. The highest BCUT2D eigenvalue weighted by Gasteiger charge is 2.32. The smallest absolute Gasteiger partial charge is 0.325 e. The zero-order chi connectivity index (χ0) is 20.8. The number of carbonyl (C=O) groups is 1. The Labute approximate surface area is 173 Å². The van der Waals surface area contributed by atoms with Crippen LogP contribution in [0.1, 0.15) is 42.1 Å². The number of carbonyl (C=O) groups excluding carboxylic acids is 1. The average molecular weight is 444 g/mol. The molecule has 29 heavy (non-hydrogen) atoms. The molecular weight excluding hydrogens is 427 g/mol. The SMILES string of the molecule is O=C(CC1CSc2nc3c(c(=O)n21)CCCC3)Nc1cc(C(F)(F)F)ccc1Cl. The summed E-state index contributed by atoms with van der Waals surface area (Å²) in [4.78, 5) is 30.0. The van der Waals surface area contributed by atoms with Crippen LogP contribution in [0, 0.1) is 0 Å². The molecule has 0 bridgehead atoms. The summed E-state index contributed by atoms with van der Waals surface area (Å²) in [7, 11) is 0. The minimum absolute atomic E-state index is 0.0143. The highest BCUT2D eigenvalue weighted by molar-refractivity contribution is 7.99. The van der Waals surface area contributed by atoms with Crippen molar-refractivity contribution in [3.8, 4) is 0 Å². The first-order valence-corrected chi connectivity index (χ1v) is 10.5. The van der Waals surface area contributed by atoms with Crippen LogP contribution >= 0.6 is 23.4 Å². The van der Waals surface area contributed by atoms with Gasteiger partial charge in [-0.25, -0.2) is 4.98 Å². The third kappa shape index (κ3) is 4.02. The van der Waals surface area contributed by atoms with E-state index < -0.39 is 23.7 Å². The molecule has 1 amide bonds. The molecule has 1 aromatic carbocycles. The van der Waals surface area contributed by atoms with Crippen molar-refractivity contribution in [3.63, 3.8) is 0 Å². The number of thioether (sulfide) groups is 1. The van der Waals surface area contributed by atoms with Gasteiger partial charge in [-0.1, -0.05) is 23.4 Å². The molecule has 1 aliphatic carbocycles. The second kappa shape index (κ2) is 7.68. The van der Waals surface area contributed by atoms with Crippen LogP contribution in [0.25, 0.3) is 0 Å². The maximum absolute atomic E-state index is 12.9. The molecule has 1 N–H and O–H groups in total. The van der Waals surface area contributed by atoms with E-state index in [4.69, 9.17) is 11.6 Å². The Morgan fingerprint density at radius 1 is 1.31 bits per heavy atom. The lowest BCUT2D eigenvalue weighted by Crippen LogP contribution is -2.32. The van der Waals surface area contributed by atoms with E-state index in [1.807, 2.05) is 0 Å². The first kappa shape index (κ1) is 20.3. The van der Waals surface area contributed by atoms with Gasteiger partial charge < -0.3 is 5.32 Å². The second-order valence-electron chi connectivity index (χ2n) is 7.11. The predicted octanol–water partition coefficient (Wildman–Crippen LogP) is 4.47. The normalized spacial score (nSPS) is 18.3. The zero-order valence-corrected chi connectivity index (χ0v) is 16.8. The van der Waals surface area contributed by atoms with Gasteiger partial charge in [0.25, 0.3) is 5.56 Å².